The van der Waals surface area contributed by atoms with E-state index >= 15 is 4.39 Å². The summed E-state index contributed by atoms with van der Waals surface area (Å²) < 4.78 is 29.6. The molecule has 42 heavy (non-hydrogen) atoms. The van der Waals surface area contributed by atoms with Crippen molar-refractivity contribution in [2.24, 2.45) is 0 Å². The Morgan fingerprint density at radius 2 is 1.93 bits per heavy atom. The summed E-state index contributed by atoms with van der Waals surface area (Å²) in [6, 6.07) is 9.12. The second-order valence-electron chi connectivity index (χ2n) is 10.8. The number of aromatic amines is 1. The van der Waals surface area contributed by atoms with Crippen LogP contribution in [0.25, 0.3) is 33.7 Å². The Balaban J connectivity index is 1.18. The molecule has 2 aromatic carbocycles. The Morgan fingerprint density at radius 1 is 1.14 bits per heavy atom. The minimum atomic E-state index is -0.462. The summed E-state index contributed by atoms with van der Waals surface area (Å²) in [6.07, 6.45) is 1.77. The number of rotatable bonds is 6. The van der Waals surface area contributed by atoms with Crippen LogP contribution >= 0.6 is 11.8 Å². The summed E-state index contributed by atoms with van der Waals surface area (Å²) in [5.41, 5.74) is 3.00. The highest BCUT2D eigenvalue weighted by Gasteiger charge is 2.30. The van der Waals surface area contributed by atoms with E-state index in [2.05, 4.69) is 37.3 Å². The summed E-state index contributed by atoms with van der Waals surface area (Å²) in [6.45, 7) is 7.40. The lowest BCUT2D eigenvalue weighted by atomic mass is 10.0. The van der Waals surface area contributed by atoms with Gasteiger partial charge in [-0.25, -0.2) is 9.37 Å². The fourth-order valence-electron chi connectivity index (χ4n) is 5.39. The molecule has 1 saturated heterocycles. The van der Waals surface area contributed by atoms with E-state index in [-0.39, 0.29) is 16.9 Å². The van der Waals surface area contributed by atoms with Gasteiger partial charge in [-0.15, -0.1) is 15.3 Å². The Labute approximate surface area is 244 Å². The minimum Gasteiger partial charge on any atom is -0.487 e. The highest BCUT2D eigenvalue weighted by Crippen LogP contribution is 2.42. The lowest BCUT2D eigenvalue weighted by Gasteiger charge is -2.37. The van der Waals surface area contributed by atoms with Crippen molar-refractivity contribution < 1.29 is 13.5 Å². The van der Waals surface area contributed by atoms with Crippen LogP contribution in [-0.4, -0.2) is 74.7 Å². The monoisotopic (exact) mass is 588 g/mol. The highest BCUT2D eigenvalue weighted by atomic mass is 32.2. The van der Waals surface area contributed by atoms with E-state index in [4.69, 9.17) is 9.15 Å². The Kier molecular flexibility index (Phi) is 6.70. The summed E-state index contributed by atoms with van der Waals surface area (Å²) in [5, 5.41) is 16.1. The molecule has 5 heterocycles. The first-order chi connectivity index (χ1) is 20.4. The smallest absolute Gasteiger partial charge is 0.247 e. The van der Waals surface area contributed by atoms with Crippen LogP contribution in [0.15, 0.2) is 50.9 Å². The van der Waals surface area contributed by atoms with Crippen molar-refractivity contribution in [3.8, 4) is 28.6 Å². The normalized spacial score (nSPS) is 17.1. The standard InChI is InChI=1S/C29H29FN8O3S/c1-16-4-6-18(7-5-16)28-34-32-22(41-28)15-42-29-31-27(33-35-29)20-13-38-17(2)14-40-26-23(38)19(25(20)39)12-21(30)24(26)37-10-8-36(3)9-11-37/h4-7,12-13,17H,8-11,14-15H2,1-3H3,(H,31,33,35)/t17-/m0/s1. The summed E-state index contributed by atoms with van der Waals surface area (Å²) in [4.78, 5) is 22.5. The fraction of sp³-hybridized carbons (Fsp3) is 0.345. The summed E-state index contributed by atoms with van der Waals surface area (Å²) >= 11 is 1.31. The van der Waals surface area contributed by atoms with E-state index in [0.29, 0.717) is 70.7 Å². The number of anilines is 1. The first-order valence-corrected chi connectivity index (χ1v) is 14.8. The van der Waals surface area contributed by atoms with Crippen molar-refractivity contribution >= 4 is 28.4 Å². The molecule has 0 unspecified atom stereocenters. The van der Waals surface area contributed by atoms with Crippen LogP contribution in [0.2, 0.25) is 0 Å². The van der Waals surface area contributed by atoms with E-state index in [1.807, 2.05) is 47.6 Å². The molecule has 216 valence electrons. The molecular weight excluding hydrogens is 559 g/mol. The zero-order valence-electron chi connectivity index (χ0n) is 23.4. The van der Waals surface area contributed by atoms with Crippen LogP contribution < -0.4 is 15.1 Å². The molecule has 0 amide bonds. The van der Waals surface area contributed by atoms with Gasteiger partial charge in [0.25, 0.3) is 0 Å². The van der Waals surface area contributed by atoms with Crippen molar-refractivity contribution in [1.82, 2.24) is 34.8 Å². The van der Waals surface area contributed by atoms with Gasteiger partial charge in [-0.3, -0.25) is 9.89 Å². The molecule has 1 N–H and O–H groups in total. The van der Waals surface area contributed by atoms with Crippen LogP contribution in [0, 0.1) is 12.7 Å². The maximum atomic E-state index is 15.7. The predicted octanol–water partition coefficient (Wildman–Crippen LogP) is 4.28. The molecule has 0 spiro atoms. The molecule has 13 heteroatoms. The third-order valence-corrected chi connectivity index (χ3v) is 8.60. The van der Waals surface area contributed by atoms with Gasteiger partial charge in [-0.2, -0.15) is 0 Å². The topological polar surface area (TPSA) is 118 Å². The number of hydrogen-bond acceptors (Lipinski definition) is 10. The second kappa shape index (κ2) is 10.6. The van der Waals surface area contributed by atoms with Crippen molar-refractivity contribution in [3.63, 3.8) is 0 Å². The summed E-state index contributed by atoms with van der Waals surface area (Å²) in [5.74, 6) is 1.51. The Bertz CT molecular complexity index is 1840. The van der Waals surface area contributed by atoms with Crippen LogP contribution in [0.4, 0.5) is 10.1 Å². The first-order valence-electron chi connectivity index (χ1n) is 13.8. The van der Waals surface area contributed by atoms with Gasteiger partial charge in [0.05, 0.1) is 28.3 Å². The zero-order valence-corrected chi connectivity index (χ0v) is 24.2. The number of halogens is 1. The maximum absolute atomic E-state index is 15.7. The van der Waals surface area contributed by atoms with Gasteiger partial charge in [0.15, 0.2) is 17.4 Å². The molecule has 1 atom stereocenters. The molecule has 3 aromatic heterocycles. The van der Waals surface area contributed by atoms with Gasteiger partial charge in [0.2, 0.25) is 22.4 Å². The molecule has 0 saturated carbocycles. The molecular formula is C29H29FN8O3S. The van der Waals surface area contributed by atoms with Crippen LogP contribution in [0.1, 0.15) is 24.4 Å². The quantitative estimate of drug-likeness (QED) is 0.288. The number of likely N-dealkylation sites (N-methyl/N-ethyl adjacent to an activating group) is 1. The predicted molar refractivity (Wildman–Crippen MR) is 157 cm³/mol. The van der Waals surface area contributed by atoms with Crippen molar-refractivity contribution in [2.45, 2.75) is 30.8 Å². The van der Waals surface area contributed by atoms with Gasteiger partial charge >= 0.3 is 0 Å². The van der Waals surface area contributed by atoms with Crippen LogP contribution in [-0.2, 0) is 5.75 Å². The summed E-state index contributed by atoms with van der Waals surface area (Å²) in [7, 11) is 2.05. The number of nitrogens with one attached hydrogen (secondary N) is 1. The number of piperazine rings is 1. The zero-order chi connectivity index (χ0) is 29.0. The first kappa shape index (κ1) is 26.7. The van der Waals surface area contributed by atoms with Gasteiger partial charge in [-0.05, 0) is 39.1 Å². The number of ether oxygens (including phenoxy) is 1. The molecule has 2 aliphatic heterocycles. The van der Waals surface area contributed by atoms with E-state index in [9.17, 15) is 4.79 Å². The number of pyridine rings is 1. The molecule has 0 radical (unpaired) electrons. The van der Waals surface area contributed by atoms with Crippen molar-refractivity contribution in [2.75, 3.05) is 44.7 Å². The van der Waals surface area contributed by atoms with Gasteiger partial charge in [0, 0.05) is 37.9 Å². The fourth-order valence-corrected chi connectivity index (χ4v) is 6.02. The number of hydrogen-bond donors (Lipinski definition) is 1. The molecule has 5 aromatic rings. The van der Waals surface area contributed by atoms with Crippen molar-refractivity contribution in [1.29, 1.82) is 0 Å². The molecule has 1 fully saturated rings. The molecule has 0 bridgehead atoms. The number of H-pyrrole nitrogens is 1. The number of nitrogens with zero attached hydrogens (tertiary/aromatic N) is 7. The average molecular weight is 589 g/mol. The van der Waals surface area contributed by atoms with E-state index < -0.39 is 5.82 Å². The number of thioether (sulfide) groups is 1. The van der Waals surface area contributed by atoms with E-state index in [1.165, 1.54) is 17.8 Å². The highest BCUT2D eigenvalue weighted by molar-refractivity contribution is 7.98. The number of aryl methyl sites for hydroxylation is 1. The number of aromatic nitrogens is 6. The van der Waals surface area contributed by atoms with Gasteiger partial charge in [0.1, 0.15) is 12.3 Å². The van der Waals surface area contributed by atoms with Gasteiger partial charge in [-0.1, -0.05) is 29.5 Å². The average Bonchev–Trinajstić information content (AvgIpc) is 3.66. The Morgan fingerprint density at radius 3 is 2.71 bits per heavy atom. The lowest BCUT2D eigenvalue weighted by molar-refractivity contribution is 0.245. The SMILES string of the molecule is Cc1ccc(-c2nnc(CSc3n[nH]c(-c4cn5c6c(c(N7CCN(C)CC7)c(F)cc6c4=O)OC[C@@H]5C)n3)o2)cc1. The van der Waals surface area contributed by atoms with Crippen LogP contribution in [0.3, 0.4) is 0 Å². The van der Waals surface area contributed by atoms with Crippen LogP contribution in [0.5, 0.6) is 5.75 Å². The molecule has 2 aliphatic rings. The van der Waals surface area contributed by atoms with Crippen molar-refractivity contribution in [3.05, 3.63) is 64.0 Å². The molecule has 11 nitrogen and oxygen atoms in total. The minimum absolute atomic E-state index is 0.0674. The third-order valence-electron chi connectivity index (χ3n) is 7.77. The third kappa shape index (κ3) is 4.71. The molecule has 7 rings (SSSR count). The van der Waals surface area contributed by atoms with Gasteiger partial charge < -0.3 is 23.5 Å². The Hall–Kier alpha value is -4.23. The van der Waals surface area contributed by atoms with E-state index in [1.54, 1.807) is 6.20 Å². The lowest BCUT2D eigenvalue weighted by Crippen LogP contribution is -2.45. The second-order valence-corrected chi connectivity index (χ2v) is 11.7. The largest absolute Gasteiger partial charge is 0.487 e. The molecule has 0 aliphatic carbocycles. The maximum Gasteiger partial charge on any atom is 0.247 e. The van der Waals surface area contributed by atoms with E-state index in [0.717, 1.165) is 24.2 Å². The number of benzene rings is 2.